The lowest BCUT2D eigenvalue weighted by atomic mass is 10.2. The molecule has 4 N–H and O–H groups in total. The molecule has 0 radical (unpaired) electrons. The molecule has 1 atom stereocenters. The summed E-state index contributed by atoms with van der Waals surface area (Å²) in [5, 5.41) is 21.1. The van der Waals surface area contributed by atoms with E-state index in [-0.39, 0.29) is 10.7 Å². The number of hydrogen-bond donors (Lipinski definition) is 4. The number of carboxylic acid groups (broad SMARTS) is 2. The van der Waals surface area contributed by atoms with Gasteiger partial charge in [0.2, 0.25) is 0 Å². The first-order valence-corrected chi connectivity index (χ1v) is 5.65. The molecule has 0 bridgehead atoms. The van der Waals surface area contributed by atoms with E-state index < -0.39 is 36.2 Å². The van der Waals surface area contributed by atoms with Gasteiger partial charge in [0.25, 0.3) is 0 Å². The highest BCUT2D eigenvalue weighted by Crippen LogP contribution is 2.24. The van der Waals surface area contributed by atoms with Gasteiger partial charge in [-0.3, -0.25) is 4.79 Å². The zero-order chi connectivity index (χ0) is 15.3. The molecule has 0 aliphatic heterocycles. The summed E-state index contributed by atoms with van der Waals surface area (Å²) in [7, 11) is 0. The van der Waals surface area contributed by atoms with Crippen LogP contribution in [0.4, 0.5) is 14.9 Å². The van der Waals surface area contributed by atoms with E-state index in [2.05, 4.69) is 0 Å². The van der Waals surface area contributed by atoms with E-state index >= 15 is 0 Å². The Morgan fingerprint density at radius 2 is 1.95 bits per heavy atom. The molecule has 0 aromatic heterocycles. The minimum absolute atomic E-state index is 0.0785. The second-order valence-corrected chi connectivity index (χ2v) is 4.09. The topological polar surface area (TPSA) is 116 Å². The number of rotatable bonds is 5. The molecule has 108 valence electrons. The molecule has 0 saturated carbocycles. The molecule has 7 nitrogen and oxygen atoms in total. The Kier molecular flexibility index (Phi) is 5.27. The maximum Gasteiger partial charge on any atom is 0.326 e. The summed E-state index contributed by atoms with van der Waals surface area (Å²) < 4.78 is 13.4. The van der Waals surface area contributed by atoms with Crippen LogP contribution >= 0.6 is 11.6 Å². The van der Waals surface area contributed by atoms with E-state index in [9.17, 15) is 18.8 Å². The fourth-order valence-electron chi connectivity index (χ4n) is 1.30. The molecule has 0 unspecified atom stereocenters. The van der Waals surface area contributed by atoms with Crippen LogP contribution in [0.2, 0.25) is 5.02 Å². The zero-order valence-corrected chi connectivity index (χ0v) is 10.6. The third-order valence-electron chi connectivity index (χ3n) is 2.18. The molecule has 0 heterocycles. The summed E-state index contributed by atoms with van der Waals surface area (Å²) in [5.74, 6) is -3.73. The number of para-hydroxylation sites is 1. The highest BCUT2D eigenvalue weighted by Gasteiger charge is 2.23. The van der Waals surface area contributed by atoms with E-state index in [1.807, 2.05) is 10.6 Å². The lowest BCUT2D eigenvalue weighted by molar-refractivity contribution is -0.145. The summed E-state index contributed by atoms with van der Waals surface area (Å²) >= 11 is 5.66. The van der Waals surface area contributed by atoms with Crippen LogP contribution in [0.1, 0.15) is 6.42 Å². The molecule has 2 amide bonds. The maximum absolute atomic E-state index is 13.4. The summed E-state index contributed by atoms with van der Waals surface area (Å²) in [6.45, 7) is 0. The van der Waals surface area contributed by atoms with Crippen molar-refractivity contribution in [2.75, 3.05) is 5.32 Å². The van der Waals surface area contributed by atoms with Crippen molar-refractivity contribution >= 4 is 35.3 Å². The first-order chi connectivity index (χ1) is 9.31. The fourth-order valence-corrected chi connectivity index (χ4v) is 1.51. The molecule has 1 rings (SSSR count). The molecule has 0 fully saturated rings. The summed E-state index contributed by atoms with van der Waals surface area (Å²) in [6, 6.07) is 0.980. The minimum atomic E-state index is -1.64. The molecule has 0 saturated heterocycles. The number of nitrogens with one attached hydrogen (secondary N) is 2. The predicted molar refractivity (Wildman–Crippen MR) is 67.2 cm³/mol. The van der Waals surface area contributed by atoms with Crippen molar-refractivity contribution in [2.45, 2.75) is 12.5 Å². The van der Waals surface area contributed by atoms with Crippen LogP contribution in [0, 0.1) is 5.82 Å². The van der Waals surface area contributed by atoms with Gasteiger partial charge in [-0.05, 0) is 12.1 Å². The smallest absolute Gasteiger partial charge is 0.326 e. The monoisotopic (exact) mass is 304 g/mol. The molecule has 9 heteroatoms. The number of anilines is 1. The number of carbonyl (C=O) groups is 3. The van der Waals surface area contributed by atoms with E-state index in [1.54, 1.807) is 0 Å². The second-order valence-electron chi connectivity index (χ2n) is 3.68. The fraction of sp³-hybridized carbons (Fsp3) is 0.182. The van der Waals surface area contributed by atoms with Gasteiger partial charge in [0.1, 0.15) is 11.9 Å². The zero-order valence-electron chi connectivity index (χ0n) is 9.89. The van der Waals surface area contributed by atoms with Gasteiger partial charge in [-0.2, -0.15) is 0 Å². The normalized spacial score (nSPS) is 11.5. The van der Waals surface area contributed by atoms with Crippen LogP contribution in [0.15, 0.2) is 18.2 Å². The largest absolute Gasteiger partial charge is 0.481 e. The van der Waals surface area contributed by atoms with Gasteiger partial charge in [0.05, 0.1) is 17.1 Å². The van der Waals surface area contributed by atoms with Gasteiger partial charge in [0.15, 0.2) is 0 Å². The van der Waals surface area contributed by atoms with E-state index in [1.165, 1.54) is 12.1 Å². The quantitative estimate of drug-likeness (QED) is 0.658. The number of carbonyl (C=O) groups excluding carboxylic acids is 1. The Labute approximate surface area is 117 Å². The molecular weight excluding hydrogens is 295 g/mol. The molecule has 0 spiro atoms. The highest BCUT2D eigenvalue weighted by molar-refractivity contribution is 6.33. The van der Waals surface area contributed by atoms with Crippen LogP contribution in [0.5, 0.6) is 0 Å². The Bertz CT molecular complexity index is 531. The van der Waals surface area contributed by atoms with Crippen LogP contribution in [-0.2, 0) is 9.59 Å². The standard InChI is InChI=1S/C11H10ClFN2O5/c12-5-2-1-3-6(13)9(5)15-11(20)14-7(10(18)19)4-8(16)17/h1-3,7H,4H2,(H,16,17)(H,18,19)(H2,14,15,20)/t7-/m0/s1. The molecular formula is C11H10ClFN2O5. The van der Waals surface area contributed by atoms with Crippen LogP contribution in [0.25, 0.3) is 0 Å². The van der Waals surface area contributed by atoms with Gasteiger partial charge in [0, 0.05) is 0 Å². The Hall–Kier alpha value is -2.35. The minimum Gasteiger partial charge on any atom is -0.481 e. The molecule has 20 heavy (non-hydrogen) atoms. The maximum atomic E-state index is 13.4. The first-order valence-electron chi connectivity index (χ1n) is 5.27. The number of benzene rings is 1. The van der Waals surface area contributed by atoms with Crippen LogP contribution in [0.3, 0.4) is 0 Å². The summed E-state index contributed by atoms with van der Waals surface area (Å²) in [5.41, 5.74) is -0.328. The van der Waals surface area contributed by atoms with Gasteiger partial charge in [-0.1, -0.05) is 17.7 Å². The highest BCUT2D eigenvalue weighted by atomic mass is 35.5. The number of halogens is 2. The Morgan fingerprint density at radius 1 is 1.30 bits per heavy atom. The molecule has 0 aliphatic rings. The lowest BCUT2D eigenvalue weighted by Crippen LogP contribution is -2.44. The average molecular weight is 305 g/mol. The van der Waals surface area contributed by atoms with Crippen LogP contribution < -0.4 is 10.6 Å². The Morgan fingerprint density at radius 3 is 2.45 bits per heavy atom. The van der Waals surface area contributed by atoms with E-state index in [0.717, 1.165) is 6.07 Å². The summed E-state index contributed by atoms with van der Waals surface area (Å²) in [4.78, 5) is 32.7. The summed E-state index contributed by atoms with van der Waals surface area (Å²) in [6.07, 6.45) is -0.812. The van der Waals surface area contributed by atoms with E-state index in [4.69, 9.17) is 21.8 Å². The number of aliphatic carboxylic acids is 2. The van der Waals surface area contributed by atoms with Crippen molar-refractivity contribution in [1.82, 2.24) is 5.32 Å². The van der Waals surface area contributed by atoms with Crippen molar-refractivity contribution in [1.29, 1.82) is 0 Å². The number of urea groups is 1. The van der Waals surface area contributed by atoms with Crippen LogP contribution in [-0.4, -0.2) is 34.2 Å². The lowest BCUT2D eigenvalue weighted by Gasteiger charge is -2.14. The third kappa shape index (κ3) is 4.39. The number of amides is 2. The number of hydrogen-bond acceptors (Lipinski definition) is 3. The van der Waals surface area contributed by atoms with Gasteiger partial charge >= 0.3 is 18.0 Å². The van der Waals surface area contributed by atoms with Crippen molar-refractivity contribution in [3.63, 3.8) is 0 Å². The SMILES string of the molecule is O=C(O)C[C@H](NC(=O)Nc1c(F)cccc1Cl)C(=O)O. The molecule has 1 aromatic carbocycles. The van der Waals surface area contributed by atoms with Crippen molar-refractivity contribution in [3.05, 3.63) is 29.0 Å². The van der Waals surface area contributed by atoms with Crippen molar-refractivity contribution in [3.8, 4) is 0 Å². The van der Waals surface area contributed by atoms with Gasteiger partial charge in [-0.15, -0.1) is 0 Å². The van der Waals surface area contributed by atoms with Crippen molar-refractivity contribution in [2.24, 2.45) is 0 Å². The third-order valence-corrected chi connectivity index (χ3v) is 2.50. The molecule has 1 aromatic rings. The first kappa shape index (κ1) is 15.7. The Balaban J connectivity index is 2.76. The van der Waals surface area contributed by atoms with E-state index in [0.29, 0.717) is 0 Å². The van der Waals surface area contributed by atoms with Gasteiger partial charge < -0.3 is 20.8 Å². The molecule has 0 aliphatic carbocycles. The van der Waals surface area contributed by atoms with Gasteiger partial charge in [-0.25, -0.2) is 14.0 Å². The predicted octanol–water partition coefficient (Wildman–Crippen LogP) is 1.53. The number of carboxylic acids is 2. The second kappa shape index (κ2) is 6.71. The van der Waals surface area contributed by atoms with Crippen molar-refractivity contribution < 1.29 is 29.0 Å². The average Bonchev–Trinajstić information content (AvgIpc) is 2.32.